The largest absolute Gasteiger partial charge is 0.394 e. The van der Waals surface area contributed by atoms with Crippen molar-refractivity contribution in [1.82, 2.24) is 103 Å². The van der Waals surface area contributed by atoms with Crippen LogP contribution in [0.2, 0.25) is 0 Å². The van der Waals surface area contributed by atoms with Crippen molar-refractivity contribution in [3.05, 3.63) is 126 Å². The van der Waals surface area contributed by atoms with Gasteiger partial charge in [0.05, 0.1) is 43.8 Å². The zero-order valence-corrected chi connectivity index (χ0v) is 79.7. The fourth-order valence-corrected chi connectivity index (χ4v) is 18.1. The van der Waals surface area contributed by atoms with Crippen molar-refractivity contribution in [2.24, 2.45) is 28.9 Å². The van der Waals surface area contributed by atoms with Gasteiger partial charge in [0.15, 0.2) is 5.96 Å². The number of carbonyl (C=O) groups is 16. The maximum Gasteiger partial charge on any atom is 0.246 e. The lowest BCUT2D eigenvalue weighted by Crippen LogP contribution is -2.61. The van der Waals surface area contributed by atoms with E-state index in [-0.39, 0.29) is 122 Å². The molecule has 6 heterocycles. The van der Waals surface area contributed by atoms with Crippen LogP contribution in [-0.4, -0.2) is 318 Å². The summed E-state index contributed by atoms with van der Waals surface area (Å²) in [7, 11) is 4.01. The molecule has 43 nitrogen and oxygen atoms in total. The number of aryl methyl sites for hydroxylation is 1. The lowest BCUT2D eigenvalue weighted by molar-refractivity contribution is -0.149. The van der Waals surface area contributed by atoms with E-state index in [1.807, 2.05) is 58.0 Å². The molecular formula is C93H135N25O18S. The van der Waals surface area contributed by atoms with Crippen molar-refractivity contribution in [1.29, 1.82) is 5.41 Å². The summed E-state index contributed by atoms with van der Waals surface area (Å²) in [4.78, 5) is 255. The number of unbranched alkanes of at least 4 members (excludes halogenated alkanes) is 2. The van der Waals surface area contributed by atoms with E-state index in [1.54, 1.807) is 54.9 Å². The van der Waals surface area contributed by atoms with Crippen LogP contribution in [0.1, 0.15) is 152 Å². The number of imidazole rings is 1. The number of aliphatic hydroxyl groups is 2. The van der Waals surface area contributed by atoms with Crippen LogP contribution < -0.4 is 81.4 Å². The summed E-state index contributed by atoms with van der Waals surface area (Å²) in [5.74, 6) is -15.6. The van der Waals surface area contributed by atoms with Gasteiger partial charge in [-0.2, -0.15) is 0 Å². The molecule has 16 amide bonds. The average Bonchev–Trinajstić information content (AvgIpc) is 1.68. The maximum absolute atomic E-state index is 15.8. The number of carbonyl (C=O) groups excluding carboxylic acids is 16. The number of likely N-dealkylation sites (N-methyl/N-ethyl adjacent to an activating group) is 3. The van der Waals surface area contributed by atoms with Crippen LogP contribution in [-0.2, 0) is 109 Å². The molecule has 2 unspecified atom stereocenters. The number of fused-ring (bicyclic) bond motifs is 4. The first kappa shape index (κ1) is 108. The van der Waals surface area contributed by atoms with Gasteiger partial charge in [0.25, 0.3) is 0 Å². The number of aromatic amines is 3. The van der Waals surface area contributed by atoms with Crippen LogP contribution in [0.15, 0.2) is 97.7 Å². The number of H-pyrrole nitrogens is 3. The number of benzene rings is 3. The number of nitrogens with one attached hydrogen (secondary N) is 15. The van der Waals surface area contributed by atoms with Crippen LogP contribution in [0, 0.1) is 11.3 Å². The lowest BCUT2D eigenvalue weighted by Gasteiger charge is -2.36. The van der Waals surface area contributed by atoms with Gasteiger partial charge in [0, 0.05) is 131 Å². The third kappa shape index (κ3) is 30.7. The molecule has 15 atom stereocenters. The van der Waals surface area contributed by atoms with Crippen LogP contribution in [0.25, 0.3) is 21.8 Å². The van der Waals surface area contributed by atoms with Crippen LogP contribution >= 0.6 is 11.8 Å². The van der Waals surface area contributed by atoms with E-state index < -0.39 is 222 Å². The first-order valence-electron chi connectivity index (χ1n) is 46.6. The van der Waals surface area contributed by atoms with Gasteiger partial charge >= 0.3 is 0 Å². The van der Waals surface area contributed by atoms with Crippen molar-refractivity contribution in [2.75, 3.05) is 72.0 Å². The molecule has 137 heavy (non-hydrogen) atoms. The molecule has 44 heteroatoms. The second kappa shape index (κ2) is 52.3. The summed E-state index contributed by atoms with van der Waals surface area (Å²) >= 11 is 0.792. The summed E-state index contributed by atoms with van der Waals surface area (Å²) < 4.78 is 0. The normalized spacial score (nSPS) is 24.6. The number of amides is 16. The number of rotatable bonds is 28. The van der Waals surface area contributed by atoms with Crippen LogP contribution in [0.4, 0.5) is 0 Å². The summed E-state index contributed by atoms with van der Waals surface area (Å²) in [6.45, 7) is 6.64. The molecule has 3 fully saturated rings. The molecule has 3 saturated heterocycles. The van der Waals surface area contributed by atoms with Gasteiger partial charge in [-0.15, -0.1) is 11.8 Å². The molecule has 0 radical (unpaired) electrons. The van der Waals surface area contributed by atoms with E-state index in [1.165, 1.54) is 55.3 Å². The highest BCUT2D eigenvalue weighted by atomic mass is 32.2. The Kier molecular flexibility index (Phi) is 41.1. The van der Waals surface area contributed by atoms with Crippen molar-refractivity contribution >= 4 is 134 Å². The Bertz CT molecular complexity index is 5190. The van der Waals surface area contributed by atoms with Gasteiger partial charge in [-0.1, -0.05) is 114 Å². The topological polar surface area (TPSA) is 650 Å². The first-order valence-corrected chi connectivity index (χ1v) is 47.8. The predicted octanol–water partition coefficient (Wildman–Crippen LogP) is -2.31. The van der Waals surface area contributed by atoms with Crippen molar-refractivity contribution in [3.8, 4) is 0 Å². The molecule has 0 saturated carbocycles. The number of para-hydroxylation sites is 2. The minimum atomic E-state index is -1.76. The Morgan fingerprint density at radius 2 is 1.15 bits per heavy atom. The Balaban J connectivity index is 1.09. The Labute approximate surface area is 799 Å². The highest BCUT2D eigenvalue weighted by Gasteiger charge is 2.45. The minimum Gasteiger partial charge on any atom is -0.394 e. The molecule has 746 valence electrons. The third-order valence-electron chi connectivity index (χ3n) is 25.0. The van der Waals surface area contributed by atoms with E-state index in [0.29, 0.717) is 53.4 Å². The number of nitrogens with two attached hydrogens (primary N) is 4. The number of hydrogen-bond donors (Lipinski definition) is 21. The second-order valence-electron chi connectivity index (χ2n) is 35.7. The third-order valence-corrected chi connectivity index (χ3v) is 26.1. The Morgan fingerprint density at radius 1 is 0.577 bits per heavy atom. The van der Waals surface area contributed by atoms with E-state index in [9.17, 15) is 48.6 Å². The van der Waals surface area contributed by atoms with Gasteiger partial charge in [-0.25, -0.2) is 4.98 Å². The summed E-state index contributed by atoms with van der Waals surface area (Å²) in [5, 5.41) is 62.4. The Morgan fingerprint density at radius 3 is 1.79 bits per heavy atom. The summed E-state index contributed by atoms with van der Waals surface area (Å²) in [6.07, 6.45) is 5.81. The molecule has 3 aromatic carbocycles. The van der Waals surface area contributed by atoms with Crippen LogP contribution in [0.3, 0.4) is 0 Å². The SMILES string of the molecule is CCCC[C@H]1C(=O)N(C)[C@@H](CCCC)C(=O)N[C@@H](CCCNC(=N)N)C(=O)N[C@H](C(=O)NCC(N)=O)CSCC(=O)N[C@@H](Cc2ccc(CN)cc2)C(=O)N(C)[C@@H](C)C(=O)NC(CC(N)=O)C(=O)N2CCC[C@H]2C(=O)N[C@@H](Cc2cnc[nH]2)C(=O)N[C@@H](CC(C)C)C(=O)N2C[C@H](O)CC2CN[C@@H](CCc2c[nH]c3ccccc23)C(=O)N[C@@H](CO)C(=O)N[C@@H](Cc2c[nH]c3ccccc23)C(=O)N1C. The molecule has 0 spiro atoms. The number of guanidine groups is 1. The molecule has 9 rings (SSSR count). The molecule has 6 aromatic rings. The van der Waals surface area contributed by atoms with E-state index in [2.05, 4.69) is 78.4 Å². The minimum absolute atomic E-state index is 0.00287. The molecule has 25 N–H and O–H groups in total. The molecule has 0 aliphatic carbocycles. The average molecular weight is 1920 g/mol. The zero-order valence-electron chi connectivity index (χ0n) is 78.9. The van der Waals surface area contributed by atoms with Gasteiger partial charge in [-0.05, 0) is 111 Å². The molecular weight excluding hydrogens is 1790 g/mol. The predicted molar refractivity (Wildman–Crippen MR) is 510 cm³/mol. The first-order chi connectivity index (χ1) is 65.4. The summed E-state index contributed by atoms with van der Waals surface area (Å²) in [6, 6.07) is 1.39. The fraction of sp³-hybridized carbons (Fsp3) is 0.548. The van der Waals surface area contributed by atoms with Crippen molar-refractivity contribution in [2.45, 2.75) is 247 Å². The van der Waals surface area contributed by atoms with Crippen LogP contribution in [0.5, 0.6) is 0 Å². The van der Waals surface area contributed by atoms with E-state index >= 15 is 38.4 Å². The van der Waals surface area contributed by atoms with Crippen molar-refractivity contribution < 1.29 is 86.9 Å². The lowest BCUT2D eigenvalue weighted by atomic mass is 10.00. The monoisotopic (exact) mass is 1920 g/mol. The molecule has 3 aliphatic rings. The number of thioether (sulfide) groups is 1. The summed E-state index contributed by atoms with van der Waals surface area (Å²) in [5.41, 5.74) is 27.2. The quantitative estimate of drug-likeness (QED) is 0.0139. The van der Waals surface area contributed by atoms with E-state index in [0.717, 1.165) is 43.6 Å². The number of primary amides is 2. The second-order valence-corrected chi connectivity index (χ2v) is 36.7. The molecule has 3 aliphatic heterocycles. The fourth-order valence-electron chi connectivity index (χ4n) is 17.3. The Hall–Kier alpha value is -13.1. The number of hydrogen-bond acceptors (Lipinski definition) is 23. The highest BCUT2D eigenvalue weighted by Crippen LogP contribution is 2.28. The maximum atomic E-state index is 15.8. The van der Waals surface area contributed by atoms with E-state index in [4.69, 9.17) is 28.3 Å². The molecule has 0 bridgehead atoms. The molecule has 3 aromatic heterocycles. The zero-order chi connectivity index (χ0) is 99.9. The van der Waals surface area contributed by atoms with Gasteiger partial charge in [-0.3, -0.25) is 82.1 Å². The number of nitrogens with zero attached hydrogens (tertiary/aromatic N) is 6. The van der Waals surface area contributed by atoms with Gasteiger partial charge in [0.1, 0.15) is 72.5 Å². The van der Waals surface area contributed by atoms with Gasteiger partial charge in [0.2, 0.25) is 94.5 Å². The standard InChI is InChI=1S/C93H135N25O18S/c1-9-11-24-74-86(130)107-66(23-17-33-100-93(97)98)83(127)113-73(81(125)104-46-78(96)122)49-137-50-79(123)106-69(36-54-27-29-55(41-94)30-28-54)88(132)114(6)53(5)80(124)109-71(40-77(95)121)90(134)117-34-18-26-75(117)87(131)108-67(38-58-44-99-51-105-58)84(128)110-68(35-52(3)4)91(135)118-47-60(120)39-59(118)45-103-65(32-31-56-42-101-63-21-15-13-19-61(56)63)82(126)112-72(48-119)85(129)111-70(37-57-43-102-64-22-16-14-20-62(57)64)89(133)116(8)76(25-12-10-2)92(136)115(74)7/h13-16,19-22,27-30,42-44,51-53,59-60,65-76,101-103,119-120H,9-12,17-18,23-26,31-41,45-50,94H2,1-8H3,(H2,95,121)(H2,96,122)(H,99,105)(H,104,125)(H,106,123)(H,107,130)(H,108,131)(H,109,124)(H,110,128)(H,111,129)(H,112,126)(H,113,127)(H4,97,98,100)/t53-,59?,60+,65-,66-,67-,68-,69-,70-,71?,72-,73-,74-,75-,76-/m0/s1. The highest BCUT2D eigenvalue weighted by molar-refractivity contribution is 8.00. The van der Waals surface area contributed by atoms with Gasteiger partial charge < -0.3 is 131 Å². The number of aromatic nitrogens is 4. The smallest absolute Gasteiger partial charge is 0.246 e. The van der Waals surface area contributed by atoms with Crippen molar-refractivity contribution in [3.63, 3.8) is 0 Å². The number of aliphatic hydroxyl groups excluding tert-OH is 2.